The van der Waals surface area contributed by atoms with E-state index < -0.39 is 0 Å². The molecule has 1 unspecified atom stereocenters. The maximum Gasteiger partial charge on any atom is 0.124 e. The summed E-state index contributed by atoms with van der Waals surface area (Å²) in [5.74, 6) is 1.05. The van der Waals surface area contributed by atoms with E-state index in [0.717, 1.165) is 16.9 Å². The van der Waals surface area contributed by atoms with Crippen LogP contribution in [0.1, 0.15) is 44.5 Å². The van der Waals surface area contributed by atoms with Crippen LogP contribution in [0, 0.1) is 0 Å². The number of benzene rings is 1. The first-order valence-corrected chi connectivity index (χ1v) is 6.53. The number of nitrogens with zero attached hydrogens (tertiary/aromatic N) is 1. The highest BCUT2D eigenvalue weighted by Gasteiger charge is 2.19. The number of imidazole rings is 1. The molecule has 1 saturated carbocycles. The van der Waals surface area contributed by atoms with Crippen molar-refractivity contribution in [1.29, 1.82) is 0 Å². The molecule has 17 heavy (non-hydrogen) atoms. The zero-order valence-electron chi connectivity index (χ0n) is 10.2. The Balaban J connectivity index is 1.77. The van der Waals surface area contributed by atoms with E-state index in [9.17, 15) is 0 Å². The van der Waals surface area contributed by atoms with Crippen LogP contribution in [0.5, 0.6) is 0 Å². The van der Waals surface area contributed by atoms with Gasteiger partial charge in [0, 0.05) is 6.04 Å². The Morgan fingerprint density at radius 3 is 2.82 bits per heavy atom. The fraction of sp³-hybridized carbons (Fsp3) is 0.500. The van der Waals surface area contributed by atoms with Gasteiger partial charge in [0.05, 0.1) is 17.1 Å². The minimum atomic E-state index is 0.311. The van der Waals surface area contributed by atoms with Crippen LogP contribution < -0.4 is 5.32 Å². The third-order valence-electron chi connectivity index (χ3n) is 3.66. The number of fused-ring (bicyclic) bond motifs is 1. The van der Waals surface area contributed by atoms with Crippen molar-refractivity contribution in [3.8, 4) is 0 Å². The molecule has 1 heterocycles. The standard InChI is InChI=1S/C14H19N3/c1-10(15-11-6-2-3-7-11)14-16-12-8-4-5-9-13(12)17-14/h4-5,8-11,15H,2-3,6-7H2,1H3,(H,16,17). The minimum absolute atomic E-state index is 0.311. The van der Waals surface area contributed by atoms with Crippen LogP contribution in [-0.2, 0) is 0 Å². The van der Waals surface area contributed by atoms with E-state index in [-0.39, 0.29) is 0 Å². The summed E-state index contributed by atoms with van der Waals surface area (Å²) in [6, 6.07) is 9.19. The topological polar surface area (TPSA) is 40.7 Å². The van der Waals surface area contributed by atoms with Crippen molar-refractivity contribution in [3.05, 3.63) is 30.1 Å². The molecule has 0 aliphatic heterocycles. The smallest absolute Gasteiger partial charge is 0.124 e. The molecule has 2 aromatic rings. The lowest BCUT2D eigenvalue weighted by molar-refractivity contribution is 0.450. The molecular formula is C14H19N3. The number of hydrogen-bond acceptors (Lipinski definition) is 2. The Labute approximate surface area is 102 Å². The van der Waals surface area contributed by atoms with Crippen molar-refractivity contribution < 1.29 is 0 Å². The number of aromatic nitrogens is 2. The van der Waals surface area contributed by atoms with E-state index in [2.05, 4.69) is 34.3 Å². The van der Waals surface area contributed by atoms with Gasteiger partial charge in [-0.1, -0.05) is 25.0 Å². The number of nitrogens with one attached hydrogen (secondary N) is 2. The molecule has 1 atom stereocenters. The summed E-state index contributed by atoms with van der Waals surface area (Å²) in [4.78, 5) is 8.03. The Hall–Kier alpha value is -1.35. The van der Waals surface area contributed by atoms with Crippen LogP contribution in [-0.4, -0.2) is 16.0 Å². The van der Waals surface area contributed by atoms with Gasteiger partial charge in [-0.3, -0.25) is 0 Å². The second-order valence-corrected chi connectivity index (χ2v) is 5.01. The molecule has 2 N–H and O–H groups in total. The molecule has 3 rings (SSSR count). The van der Waals surface area contributed by atoms with Gasteiger partial charge < -0.3 is 10.3 Å². The van der Waals surface area contributed by atoms with E-state index in [1.807, 2.05) is 12.1 Å². The average Bonchev–Trinajstić information content (AvgIpc) is 2.96. The summed E-state index contributed by atoms with van der Waals surface area (Å²) in [5.41, 5.74) is 2.19. The van der Waals surface area contributed by atoms with Gasteiger partial charge in [0.25, 0.3) is 0 Å². The molecule has 90 valence electrons. The predicted molar refractivity (Wildman–Crippen MR) is 69.9 cm³/mol. The molecule has 0 radical (unpaired) electrons. The number of hydrogen-bond donors (Lipinski definition) is 2. The zero-order chi connectivity index (χ0) is 11.7. The van der Waals surface area contributed by atoms with Crippen LogP contribution in [0.15, 0.2) is 24.3 Å². The van der Waals surface area contributed by atoms with Gasteiger partial charge in [-0.15, -0.1) is 0 Å². The largest absolute Gasteiger partial charge is 0.341 e. The summed E-state index contributed by atoms with van der Waals surface area (Å²) in [6.45, 7) is 2.19. The molecule has 0 bridgehead atoms. The van der Waals surface area contributed by atoms with E-state index >= 15 is 0 Å². The van der Waals surface area contributed by atoms with Crippen LogP contribution >= 0.6 is 0 Å². The number of aromatic amines is 1. The zero-order valence-corrected chi connectivity index (χ0v) is 10.2. The monoisotopic (exact) mass is 229 g/mol. The van der Waals surface area contributed by atoms with Crippen LogP contribution in [0.3, 0.4) is 0 Å². The molecule has 1 aromatic heterocycles. The van der Waals surface area contributed by atoms with Crippen molar-refractivity contribution >= 4 is 11.0 Å². The van der Waals surface area contributed by atoms with Gasteiger partial charge in [0.2, 0.25) is 0 Å². The Kier molecular flexibility index (Phi) is 2.85. The number of H-pyrrole nitrogens is 1. The Bertz CT molecular complexity index is 464. The second-order valence-electron chi connectivity index (χ2n) is 5.01. The molecule has 0 spiro atoms. The SMILES string of the molecule is CC(NC1CCCC1)c1nc2ccccc2[nH]1. The van der Waals surface area contributed by atoms with Crippen molar-refractivity contribution in [2.75, 3.05) is 0 Å². The van der Waals surface area contributed by atoms with Crippen molar-refractivity contribution in [3.63, 3.8) is 0 Å². The fourth-order valence-corrected chi connectivity index (χ4v) is 2.70. The molecule has 1 aromatic carbocycles. The molecule has 1 aliphatic carbocycles. The fourth-order valence-electron chi connectivity index (χ4n) is 2.70. The second kappa shape index (κ2) is 4.49. The molecule has 0 saturated heterocycles. The highest BCUT2D eigenvalue weighted by atomic mass is 15.0. The Morgan fingerprint density at radius 1 is 1.29 bits per heavy atom. The summed E-state index contributed by atoms with van der Waals surface area (Å²) in [5, 5.41) is 3.66. The summed E-state index contributed by atoms with van der Waals surface area (Å²) >= 11 is 0. The third kappa shape index (κ3) is 2.20. The quantitative estimate of drug-likeness (QED) is 0.848. The lowest BCUT2D eigenvalue weighted by Gasteiger charge is -2.17. The van der Waals surface area contributed by atoms with Gasteiger partial charge in [-0.2, -0.15) is 0 Å². The summed E-state index contributed by atoms with van der Waals surface area (Å²) in [6.07, 6.45) is 5.35. The predicted octanol–water partition coefficient (Wildman–Crippen LogP) is 3.16. The minimum Gasteiger partial charge on any atom is -0.341 e. The number of rotatable bonds is 3. The van der Waals surface area contributed by atoms with Gasteiger partial charge in [0.1, 0.15) is 5.82 Å². The lowest BCUT2D eigenvalue weighted by atomic mass is 10.2. The first kappa shape index (κ1) is 10.8. The summed E-state index contributed by atoms with van der Waals surface area (Å²) in [7, 11) is 0. The Morgan fingerprint density at radius 2 is 2.06 bits per heavy atom. The maximum atomic E-state index is 4.64. The van der Waals surface area contributed by atoms with Crippen LogP contribution in [0.25, 0.3) is 11.0 Å². The first-order chi connectivity index (χ1) is 8.33. The van der Waals surface area contributed by atoms with Gasteiger partial charge in [-0.05, 0) is 31.9 Å². The highest BCUT2D eigenvalue weighted by molar-refractivity contribution is 5.74. The summed E-state index contributed by atoms with van der Waals surface area (Å²) < 4.78 is 0. The van der Waals surface area contributed by atoms with Crippen molar-refractivity contribution in [1.82, 2.24) is 15.3 Å². The normalized spacial score (nSPS) is 18.9. The van der Waals surface area contributed by atoms with E-state index in [4.69, 9.17) is 0 Å². The molecule has 3 heteroatoms. The van der Waals surface area contributed by atoms with Crippen molar-refractivity contribution in [2.45, 2.75) is 44.7 Å². The van der Waals surface area contributed by atoms with E-state index in [1.54, 1.807) is 0 Å². The molecule has 3 nitrogen and oxygen atoms in total. The van der Waals surface area contributed by atoms with Crippen molar-refractivity contribution in [2.24, 2.45) is 0 Å². The third-order valence-corrected chi connectivity index (χ3v) is 3.66. The molecule has 1 aliphatic rings. The lowest BCUT2D eigenvalue weighted by Crippen LogP contribution is -2.29. The average molecular weight is 229 g/mol. The van der Waals surface area contributed by atoms with Crippen LogP contribution in [0.4, 0.5) is 0 Å². The van der Waals surface area contributed by atoms with E-state index in [1.165, 1.54) is 25.7 Å². The van der Waals surface area contributed by atoms with Gasteiger partial charge in [0.15, 0.2) is 0 Å². The van der Waals surface area contributed by atoms with E-state index in [0.29, 0.717) is 12.1 Å². The van der Waals surface area contributed by atoms with Gasteiger partial charge in [-0.25, -0.2) is 4.98 Å². The number of para-hydroxylation sites is 2. The highest BCUT2D eigenvalue weighted by Crippen LogP contribution is 2.22. The molecular weight excluding hydrogens is 210 g/mol. The van der Waals surface area contributed by atoms with Gasteiger partial charge >= 0.3 is 0 Å². The van der Waals surface area contributed by atoms with Crippen LogP contribution in [0.2, 0.25) is 0 Å². The first-order valence-electron chi connectivity index (χ1n) is 6.53. The molecule has 0 amide bonds. The maximum absolute atomic E-state index is 4.64. The molecule has 1 fully saturated rings.